The molecule has 1 aliphatic heterocycles. The summed E-state index contributed by atoms with van der Waals surface area (Å²) in [7, 11) is -3.63. The minimum atomic E-state index is -3.63. The summed E-state index contributed by atoms with van der Waals surface area (Å²) in [6, 6.07) is 15.8. The molecule has 1 aliphatic rings. The fraction of sp³-hybridized carbons (Fsp3) is 0.227. The van der Waals surface area contributed by atoms with Gasteiger partial charge in [-0.2, -0.15) is 4.31 Å². The maximum atomic E-state index is 13.3. The second kappa shape index (κ2) is 8.70. The molecule has 3 aromatic rings. The van der Waals surface area contributed by atoms with E-state index >= 15 is 0 Å². The minimum Gasteiger partial charge on any atom is -0.325 e. The Balaban J connectivity index is 1.36. The quantitative estimate of drug-likeness (QED) is 0.656. The van der Waals surface area contributed by atoms with Crippen LogP contribution in [0.3, 0.4) is 0 Å². The van der Waals surface area contributed by atoms with Gasteiger partial charge >= 0.3 is 0 Å². The zero-order chi connectivity index (χ0) is 22.0. The van der Waals surface area contributed by atoms with Gasteiger partial charge in [-0.3, -0.25) is 9.69 Å². The van der Waals surface area contributed by atoms with Crippen molar-refractivity contribution in [2.45, 2.75) is 4.90 Å². The molecule has 3 aromatic carbocycles. The van der Waals surface area contributed by atoms with Crippen LogP contribution in [0.2, 0.25) is 0 Å². The van der Waals surface area contributed by atoms with E-state index in [1.54, 1.807) is 18.2 Å². The third-order valence-corrected chi connectivity index (χ3v) is 7.16. The highest BCUT2D eigenvalue weighted by Crippen LogP contribution is 2.23. The van der Waals surface area contributed by atoms with Crippen LogP contribution in [0.1, 0.15) is 0 Å². The van der Waals surface area contributed by atoms with Crippen molar-refractivity contribution in [3.05, 3.63) is 72.3 Å². The number of sulfonamides is 1. The number of hydrogen-bond donors (Lipinski definition) is 1. The second-order valence-electron chi connectivity index (χ2n) is 7.37. The van der Waals surface area contributed by atoms with Crippen molar-refractivity contribution in [1.29, 1.82) is 0 Å². The predicted octanol–water partition coefficient (Wildman–Crippen LogP) is 3.06. The molecule has 1 fully saturated rings. The fourth-order valence-electron chi connectivity index (χ4n) is 3.58. The van der Waals surface area contributed by atoms with Crippen molar-refractivity contribution in [2.24, 2.45) is 0 Å². The van der Waals surface area contributed by atoms with E-state index < -0.39 is 21.7 Å². The summed E-state index contributed by atoms with van der Waals surface area (Å²) in [5, 5.41) is 4.35. The highest BCUT2D eigenvalue weighted by molar-refractivity contribution is 7.89. The van der Waals surface area contributed by atoms with Crippen LogP contribution in [0.5, 0.6) is 0 Å². The van der Waals surface area contributed by atoms with Crippen LogP contribution in [-0.2, 0) is 14.8 Å². The topological polar surface area (TPSA) is 69.7 Å². The first-order valence-corrected chi connectivity index (χ1v) is 11.2. The molecule has 6 nitrogen and oxygen atoms in total. The number of anilines is 1. The maximum absolute atomic E-state index is 13.3. The van der Waals surface area contributed by atoms with E-state index in [4.69, 9.17) is 0 Å². The Bertz CT molecular complexity index is 1230. The minimum absolute atomic E-state index is 0.0306. The molecule has 31 heavy (non-hydrogen) atoms. The van der Waals surface area contributed by atoms with Gasteiger partial charge in [0.1, 0.15) is 0 Å². The molecular weight excluding hydrogens is 424 g/mol. The summed E-state index contributed by atoms with van der Waals surface area (Å²) >= 11 is 0. The van der Waals surface area contributed by atoms with Crippen molar-refractivity contribution in [3.63, 3.8) is 0 Å². The molecule has 1 amide bonds. The Labute approximate surface area is 179 Å². The Kier molecular flexibility index (Phi) is 5.99. The van der Waals surface area contributed by atoms with Gasteiger partial charge in [0, 0.05) is 37.9 Å². The number of rotatable bonds is 5. The van der Waals surface area contributed by atoms with E-state index in [9.17, 15) is 22.0 Å². The van der Waals surface area contributed by atoms with Gasteiger partial charge < -0.3 is 5.32 Å². The molecular formula is C22H21F2N3O3S. The van der Waals surface area contributed by atoms with E-state index in [2.05, 4.69) is 5.32 Å². The van der Waals surface area contributed by atoms with Gasteiger partial charge in [0.05, 0.1) is 11.4 Å². The number of hydrogen-bond acceptors (Lipinski definition) is 4. The molecule has 0 unspecified atom stereocenters. The smallest absolute Gasteiger partial charge is 0.243 e. The lowest BCUT2D eigenvalue weighted by Crippen LogP contribution is -2.50. The average molecular weight is 445 g/mol. The number of nitrogens with one attached hydrogen (secondary N) is 1. The van der Waals surface area contributed by atoms with Gasteiger partial charge in [0.2, 0.25) is 15.9 Å². The van der Waals surface area contributed by atoms with Crippen molar-refractivity contribution in [2.75, 3.05) is 38.0 Å². The molecule has 0 aromatic heterocycles. The zero-order valence-corrected chi connectivity index (χ0v) is 17.4. The van der Waals surface area contributed by atoms with Gasteiger partial charge in [-0.25, -0.2) is 17.2 Å². The molecule has 162 valence electrons. The van der Waals surface area contributed by atoms with Crippen LogP contribution in [0.4, 0.5) is 14.5 Å². The number of benzene rings is 3. The normalized spacial score (nSPS) is 15.8. The van der Waals surface area contributed by atoms with Crippen LogP contribution < -0.4 is 5.32 Å². The maximum Gasteiger partial charge on any atom is 0.243 e. The third kappa shape index (κ3) is 4.73. The third-order valence-electron chi connectivity index (χ3n) is 5.26. The Morgan fingerprint density at radius 1 is 0.871 bits per heavy atom. The predicted molar refractivity (Wildman–Crippen MR) is 114 cm³/mol. The first kappa shape index (κ1) is 21.4. The lowest BCUT2D eigenvalue weighted by atomic mass is 10.1. The summed E-state index contributed by atoms with van der Waals surface area (Å²) in [5.74, 6) is -2.40. The van der Waals surface area contributed by atoms with Gasteiger partial charge in [-0.1, -0.05) is 30.3 Å². The van der Waals surface area contributed by atoms with Crippen LogP contribution >= 0.6 is 0 Å². The molecule has 0 atom stereocenters. The van der Waals surface area contributed by atoms with Crippen molar-refractivity contribution < 1.29 is 22.0 Å². The van der Waals surface area contributed by atoms with Crippen molar-refractivity contribution in [3.8, 4) is 0 Å². The second-order valence-corrected chi connectivity index (χ2v) is 9.30. The monoisotopic (exact) mass is 445 g/mol. The standard InChI is InChI=1S/C22H21F2N3O3S/c23-20-8-6-18(14-21(20)24)25-22(28)15-26-9-11-27(12-10-26)31(29,30)19-7-5-16-3-1-2-4-17(16)13-19/h1-8,13-14H,9-12,15H2,(H,25,28). The number of nitrogens with zero attached hydrogens (tertiary/aromatic N) is 2. The summed E-state index contributed by atoms with van der Waals surface area (Å²) in [4.78, 5) is 14.3. The molecule has 9 heteroatoms. The number of carbonyl (C=O) groups is 1. The first-order chi connectivity index (χ1) is 14.8. The number of piperazine rings is 1. The lowest BCUT2D eigenvalue weighted by molar-refractivity contribution is -0.117. The Morgan fingerprint density at radius 2 is 1.58 bits per heavy atom. The van der Waals surface area contributed by atoms with Gasteiger partial charge in [-0.15, -0.1) is 0 Å². The zero-order valence-electron chi connectivity index (χ0n) is 16.6. The molecule has 0 spiro atoms. The largest absolute Gasteiger partial charge is 0.325 e. The molecule has 0 saturated carbocycles. The molecule has 1 saturated heterocycles. The molecule has 0 bridgehead atoms. The van der Waals surface area contributed by atoms with Crippen LogP contribution in [0.25, 0.3) is 10.8 Å². The first-order valence-electron chi connectivity index (χ1n) is 9.79. The SMILES string of the molecule is O=C(CN1CCN(S(=O)(=O)c2ccc3ccccc3c2)CC1)Nc1ccc(F)c(F)c1. The fourth-order valence-corrected chi connectivity index (χ4v) is 5.04. The summed E-state index contributed by atoms with van der Waals surface area (Å²) < 4.78 is 53.7. The van der Waals surface area contributed by atoms with E-state index in [1.807, 2.05) is 29.2 Å². The van der Waals surface area contributed by atoms with Gasteiger partial charge in [0.25, 0.3) is 0 Å². The van der Waals surface area contributed by atoms with Crippen LogP contribution in [0, 0.1) is 11.6 Å². The Morgan fingerprint density at radius 3 is 2.29 bits per heavy atom. The van der Waals surface area contributed by atoms with Crippen LogP contribution in [-0.4, -0.2) is 56.3 Å². The number of halogens is 2. The highest BCUT2D eigenvalue weighted by Gasteiger charge is 2.29. The van der Waals surface area contributed by atoms with E-state index in [1.165, 1.54) is 10.4 Å². The molecule has 0 radical (unpaired) electrons. The number of fused-ring (bicyclic) bond motifs is 1. The average Bonchev–Trinajstić information content (AvgIpc) is 2.76. The van der Waals surface area contributed by atoms with Gasteiger partial charge in [0.15, 0.2) is 11.6 Å². The summed E-state index contributed by atoms with van der Waals surface area (Å²) in [5.41, 5.74) is 0.168. The highest BCUT2D eigenvalue weighted by atomic mass is 32.2. The molecule has 4 rings (SSSR count). The Hall–Kier alpha value is -2.88. The molecule has 0 aliphatic carbocycles. The van der Waals surface area contributed by atoms with E-state index in [0.29, 0.717) is 13.1 Å². The van der Waals surface area contributed by atoms with E-state index in [-0.39, 0.29) is 36.1 Å². The van der Waals surface area contributed by atoms with E-state index in [0.717, 1.165) is 22.9 Å². The summed E-state index contributed by atoms with van der Waals surface area (Å²) in [6.07, 6.45) is 0. The van der Waals surface area contributed by atoms with Crippen molar-refractivity contribution in [1.82, 2.24) is 9.21 Å². The van der Waals surface area contributed by atoms with Crippen LogP contribution in [0.15, 0.2) is 65.6 Å². The summed E-state index contributed by atoms with van der Waals surface area (Å²) in [6.45, 7) is 1.32. The number of carbonyl (C=O) groups excluding carboxylic acids is 1. The van der Waals surface area contributed by atoms with Gasteiger partial charge in [-0.05, 0) is 35.0 Å². The molecule has 1 N–H and O–H groups in total. The lowest BCUT2D eigenvalue weighted by Gasteiger charge is -2.33. The number of amides is 1. The molecule has 1 heterocycles. The van der Waals surface area contributed by atoms with Crippen molar-refractivity contribution >= 4 is 32.4 Å².